The van der Waals surface area contributed by atoms with E-state index in [0.29, 0.717) is 31.0 Å². The number of hydrogen-bond acceptors (Lipinski definition) is 4. The molecule has 0 atom stereocenters. The van der Waals surface area contributed by atoms with Crippen LogP contribution in [0.1, 0.15) is 16.9 Å². The summed E-state index contributed by atoms with van der Waals surface area (Å²) < 4.78 is 49.5. The second-order valence-electron chi connectivity index (χ2n) is 7.00. The van der Waals surface area contributed by atoms with Gasteiger partial charge in [0, 0.05) is 39.1 Å². The lowest BCUT2D eigenvalue weighted by Crippen LogP contribution is -2.44. The Bertz CT molecular complexity index is 794. The van der Waals surface area contributed by atoms with Crippen LogP contribution in [0.25, 0.3) is 0 Å². The number of nitrogens with zero attached hydrogens (tertiary/aromatic N) is 2. The molecule has 0 spiro atoms. The summed E-state index contributed by atoms with van der Waals surface area (Å²) in [6, 6.07) is 8.98. The molecule has 172 valence electrons. The summed E-state index contributed by atoms with van der Waals surface area (Å²) in [5.41, 5.74) is -0.159. The maximum atomic E-state index is 12.9. The quantitative estimate of drug-likeness (QED) is 0.298. The molecule has 1 saturated heterocycles. The van der Waals surface area contributed by atoms with E-state index < -0.39 is 11.7 Å². The fraction of sp³-hybridized carbons (Fsp3) is 0.476. The number of ether oxygens (including phenoxy) is 1. The van der Waals surface area contributed by atoms with Crippen molar-refractivity contribution < 1.29 is 22.3 Å². The van der Waals surface area contributed by atoms with Gasteiger partial charge >= 0.3 is 6.18 Å². The molecule has 3 rings (SSSR count). The predicted molar refractivity (Wildman–Crippen MR) is 124 cm³/mol. The van der Waals surface area contributed by atoms with Crippen molar-refractivity contribution in [1.29, 1.82) is 0 Å². The van der Waals surface area contributed by atoms with Crippen molar-refractivity contribution in [2.75, 3.05) is 45.9 Å². The van der Waals surface area contributed by atoms with E-state index in [4.69, 9.17) is 9.15 Å². The topological polar surface area (TPSA) is 62.0 Å². The van der Waals surface area contributed by atoms with E-state index in [1.165, 1.54) is 6.07 Å². The first-order chi connectivity index (χ1) is 14.5. The van der Waals surface area contributed by atoms with Crippen LogP contribution in [-0.2, 0) is 23.9 Å². The van der Waals surface area contributed by atoms with E-state index in [1.807, 2.05) is 12.1 Å². The number of aliphatic imine (C=N–C) groups is 1. The molecule has 1 aliphatic heterocycles. The highest BCUT2D eigenvalue weighted by molar-refractivity contribution is 14.0. The zero-order chi connectivity index (χ0) is 21.2. The largest absolute Gasteiger partial charge is 0.469 e. The van der Waals surface area contributed by atoms with Crippen LogP contribution in [0.5, 0.6) is 0 Å². The Balaban J connectivity index is 0.00000341. The monoisotopic (exact) mass is 552 g/mol. The van der Waals surface area contributed by atoms with Crippen LogP contribution in [-0.4, -0.2) is 56.8 Å². The smallest absolute Gasteiger partial charge is 0.416 e. The minimum atomic E-state index is -4.36. The molecule has 31 heavy (non-hydrogen) atoms. The molecule has 1 aromatic carbocycles. The van der Waals surface area contributed by atoms with E-state index in [0.717, 1.165) is 50.7 Å². The molecular weight excluding hydrogens is 524 g/mol. The van der Waals surface area contributed by atoms with Gasteiger partial charge in [0.05, 0.1) is 31.6 Å². The SMILES string of the molecule is FC(F)(F)c1cccc(CN=C(NCCc2ccco2)NCCN2CCOCC2)c1.I. The molecule has 2 aromatic rings. The Labute approximate surface area is 197 Å². The van der Waals surface area contributed by atoms with Crippen LogP contribution in [0.2, 0.25) is 0 Å². The zero-order valence-electron chi connectivity index (χ0n) is 17.2. The summed E-state index contributed by atoms with van der Waals surface area (Å²) >= 11 is 0. The van der Waals surface area contributed by atoms with Crippen molar-refractivity contribution in [3.63, 3.8) is 0 Å². The molecule has 10 heteroatoms. The van der Waals surface area contributed by atoms with Crippen molar-refractivity contribution >= 4 is 29.9 Å². The minimum absolute atomic E-state index is 0. The number of alkyl halides is 3. The molecule has 2 N–H and O–H groups in total. The van der Waals surface area contributed by atoms with Gasteiger partial charge in [-0.15, -0.1) is 24.0 Å². The Hall–Kier alpha value is -1.79. The summed E-state index contributed by atoms with van der Waals surface area (Å²) in [6.07, 6.45) is -2.06. The molecule has 6 nitrogen and oxygen atoms in total. The number of halogens is 4. The normalized spacial score (nSPS) is 15.4. The average molecular weight is 552 g/mol. The van der Waals surface area contributed by atoms with Gasteiger partial charge in [0.2, 0.25) is 0 Å². The standard InChI is InChI=1S/C21H27F3N4O2.HI/c22-21(23,24)18-4-1-3-17(15-18)16-27-20(25-7-6-19-5-2-12-30-19)26-8-9-28-10-13-29-14-11-28;/h1-5,12,15H,6-11,13-14,16H2,(H2,25,26,27);1H. The van der Waals surface area contributed by atoms with Crippen molar-refractivity contribution in [3.8, 4) is 0 Å². The molecule has 0 aliphatic carbocycles. The fourth-order valence-corrected chi connectivity index (χ4v) is 3.11. The van der Waals surface area contributed by atoms with Gasteiger partial charge in [-0.05, 0) is 29.8 Å². The first-order valence-electron chi connectivity index (χ1n) is 10.0. The van der Waals surface area contributed by atoms with E-state index in [1.54, 1.807) is 12.3 Å². The van der Waals surface area contributed by atoms with Gasteiger partial charge in [-0.3, -0.25) is 4.90 Å². The van der Waals surface area contributed by atoms with E-state index in [-0.39, 0.29) is 30.5 Å². The minimum Gasteiger partial charge on any atom is -0.469 e. The van der Waals surface area contributed by atoms with Crippen molar-refractivity contribution in [1.82, 2.24) is 15.5 Å². The zero-order valence-corrected chi connectivity index (χ0v) is 19.5. The predicted octanol–water partition coefficient (Wildman–Crippen LogP) is 3.53. The van der Waals surface area contributed by atoms with Crippen LogP contribution in [0.15, 0.2) is 52.1 Å². The second-order valence-corrected chi connectivity index (χ2v) is 7.00. The van der Waals surface area contributed by atoms with Crippen LogP contribution in [0.4, 0.5) is 13.2 Å². The summed E-state index contributed by atoms with van der Waals surface area (Å²) in [4.78, 5) is 6.77. The third-order valence-corrected chi connectivity index (χ3v) is 4.74. The Morgan fingerprint density at radius 2 is 1.84 bits per heavy atom. The van der Waals surface area contributed by atoms with Crippen LogP contribution in [0.3, 0.4) is 0 Å². The maximum Gasteiger partial charge on any atom is 0.416 e. The van der Waals surface area contributed by atoms with Gasteiger partial charge in [0.1, 0.15) is 5.76 Å². The number of morpholine rings is 1. The van der Waals surface area contributed by atoms with Crippen molar-refractivity contribution in [2.24, 2.45) is 4.99 Å². The molecular formula is C21H28F3IN4O2. The molecule has 0 amide bonds. The fourth-order valence-electron chi connectivity index (χ4n) is 3.11. The first-order valence-corrected chi connectivity index (χ1v) is 10.0. The maximum absolute atomic E-state index is 12.9. The highest BCUT2D eigenvalue weighted by Crippen LogP contribution is 2.29. The Kier molecular flexibility index (Phi) is 10.6. The first kappa shape index (κ1) is 25.5. The third-order valence-electron chi connectivity index (χ3n) is 4.74. The highest BCUT2D eigenvalue weighted by Gasteiger charge is 2.30. The lowest BCUT2D eigenvalue weighted by molar-refractivity contribution is -0.137. The van der Waals surface area contributed by atoms with E-state index in [2.05, 4.69) is 20.5 Å². The van der Waals surface area contributed by atoms with Crippen molar-refractivity contribution in [3.05, 3.63) is 59.5 Å². The molecule has 0 bridgehead atoms. The molecule has 0 saturated carbocycles. The van der Waals surface area contributed by atoms with Gasteiger partial charge in [-0.2, -0.15) is 13.2 Å². The number of guanidine groups is 1. The summed E-state index contributed by atoms with van der Waals surface area (Å²) in [5, 5.41) is 6.49. The van der Waals surface area contributed by atoms with Crippen molar-refractivity contribution in [2.45, 2.75) is 19.1 Å². The summed E-state index contributed by atoms with van der Waals surface area (Å²) in [6.45, 7) is 5.52. The molecule has 2 heterocycles. The Morgan fingerprint density at radius 3 is 2.55 bits per heavy atom. The molecule has 0 unspecified atom stereocenters. The number of furan rings is 1. The van der Waals surface area contributed by atoms with Crippen LogP contribution >= 0.6 is 24.0 Å². The third kappa shape index (κ3) is 9.08. The van der Waals surface area contributed by atoms with Crippen LogP contribution in [0, 0.1) is 0 Å². The summed E-state index contributed by atoms with van der Waals surface area (Å²) in [7, 11) is 0. The highest BCUT2D eigenvalue weighted by atomic mass is 127. The van der Waals surface area contributed by atoms with E-state index in [9.17, 15) is 13.2 Å². The number of benzene rings is 1. The van der Waals surface area contributed by atoms with Gasteiger partial charge in [-0.25, -0.2) is 4.99 Å². The van der Waals surface area contributed by atoms with Gasteiger partial charge in [0.15, 0.2) is 5.96 Å². The number of rotatable bonds is 8. The molecule has 0 radical (unpaired) electrons. The molecule has 1 aromatic heterocycles. The molecule has 1 aliphatic rings. The lowest BCUT2D eigenvalue weighted by Gasteiger charge is -2.26. The van der Waals surface area contributed by atoms with Gasteiger partial charge < -0.3 is 19.8 Å². The van der Waals surface area contributed by atoms with E-state index >= 15 is 0 Å². The summed E-state index contributed by atoms with van der Waals surface area (Å²) in [5.74, 6) is 1.42. The Morgan fingerprint density at radius 1 is 1.06 bits per heavy atom. The average Bonchev–Trinajstić information content (AvgIpc) is 3.25. The lowest BCUT2D eigenvalue weighted by atomic mass is 10.1. The number of nitrogens with one attached hydrogen (secondary N) is 2. The van der Waals surface area contributed by atoms with Gasteiger partial charge in [0.25, 0.3) is 0 Å². The number of hydrogen-bond donors (Lipinski definition) is 2. The second kappa shape index (κ2) is 12.9. The van der Waals surface area contributed by atoms with Gasteiger partial charge in [-0.1, -0.05) is 12.1 Å². The van der Waals surface area contributed by atoms with Crippen LogP contribution < -0.4 is 10.6 Å². The molecule has 1 fully saturated rings.